The number of rotatable bonds is 0. The molecule has 3 heterocycles. The Labute approximate surface area is 146 Å². The van der Waals surface area contributed by atoms with E-state index in [0.717, 1.165) is 53.2 Å². The molecule has 2 atom stereocenters. The maximum Gasteiger partial charge on any atom is 0.138 e. The van der Waals surface area contributed by atoms with E-state index in [1.165, 1.54) is 0 Å². The lowest BCUT2D eigenvalue weighted by molar-refractivity contribution is 0.197. The van der Waals surface area contributed by atoms with Crippen LogP contribution in [0.4, 0.5) is 0 Å². The van der Waals surface area contributed by atoms with Crippen molar-refractivity contribution in [2.24, 2.45) is 0 Å². The molecule has 130 valence electrons. The van der Waals surface area contributed by atoms with Crippen molar-refractivity contribution < 1.29 is 9.47 Å². The van der Waals surface area contributed by atoms with Gasteiger partial charge in [0.25, 0.3) is 0 Å². The Morgan fingerprint density at radius 2 is 1.92 bits per heavy atom. The smallest absolute Gasteiger partial charge is 0.138 e. The third kappa shape index (κ3) is 3.44. The Kier molecular flexibility index (Phi) is 4.28. The fraction of sp³-hybridized carbons (Fsp3) is 0.368. The van der Waals surface area contributed by atoms with Crippen molar-refractivity contribution >= 4 is 10.9 Å². The van der Waals surface area contributed by atoms with Crippen molar-refractivity contribution in [1.29, 1.82) is 0 Å². The topological polar surface area (TPSA) is 72.1 Å². The summed E-state index contributed by atoms with van der Waals surface area (Å²) in [4.78, 5) is 4.32. The van der Waals surface area contributed by atoms with Crippen molar-refractivity contribution in [3.63, 3.8) is 0 Å². The van der Waals surface area contributed by atoms with Crippen molar-refractivity contribution in [1.82, 2.24) is 20.5 Å². The van der Waals surface area contributed by atoms with Gasteiger partial charge in [-0.2, -0.15) is 5.10 Å². The van der Waals surface area contributed by atoms with E-state index in [1.54, 1.807) is 12.4 Å². The number of hydrogen-bond acceptors (Lipinski definition) is 5. The van der Waals surface area contributed by atoms with Gasteiger partial charge in [-0.3, -0.25) is 10.1 Å². The summed E-state index contributed by atoms with van der Waals surface area (Å²) in [5, 5.41) is 12.0. The molecular formula is C19H22N4O2. The van der Waals surface area contributed by atoms with Crippen LogP contribution >= 0.6 is 0 Å². The van der Waals surface area contributed by atoms with Crippen LogP contribution in [0.15, 0.2) is 36.7 Å². The van der Waals surface area contributed by atoms with Gasteiger partial charge >= 0.3 is 0 Å². The molecule has 0 saturated carbocycles. The molecule has 0 radical (unpaired) electrons. The number of nitrogens with one attached hydrogen (secondary N) is 2. The minimum Gasteiger partial charge on any atom is -0.491 e. The fourth-order valence-electron chi connectivity index (χ4n) is 3.08. The largest absolute Gasteiger partial charge is 0.491 e. The van der Waals surface area contributed by atoms with E-state index in [9.17, 15) is 0 Å². The number of fused-ring (bicyclic) bond motifs is 4. The molecule has 4 bridgehead atoms. The van der Waals surface area contributed by atoms with Crippen LogP contribution in [-0.2, 0) is 0 Å². The fourth-order valence-corrected chi connectivity index (χ4v) is 3.08. The van der Waals surface area contributed by atoms with E-state index in [4.69, 9.17) is 9.47 Å². The molecule has 6 nitrogen and oxygen atoms in total. The number of ether oxygens (including phenoxy) is 2. The van der Waals surface area contributed by atoms with Crippen LogP contribution < -0.4 is 14.8 Å². The molecule has 0 fully saturated rings. The normalized spacial score (nSPS) is 21.2. The second-order valence-corrected chi connectivity index (χ2v) is 6.54. The quantitative estimate of drug-likeness (QED) is 0.659. The zero-order valence-electron chi connectivity index (χ0n) is 14.5. The van der Waals surface area contributed by atoms with Crippen LogP contribution in [0.5, 0.6) is 11.5 Å². The molecule has 2 aromatic heterocycles. The number of benzene rings is 1. The van der Waals surface area contributed by atoms with Gasteiger partial charge in [-0.1, -0.05) is 0 Å². The summed E-state index contributed by atoms with van der Waals surface area (Å²) in [6.07, 6.45) is 4.66. The van der Waals surface area contributed by atoms with Gasteiger partial charge in [0.05, 0.1) is 17.8 Å². The molecule has 1 aromatic carbocycles. The Hall–Kier alpha value is -2.60. The van der Waals surface area contributed by atoms with Crippen LogP contribution in [0.1, 0.15) is 20.3 Å². The molecular weight excluding hydrogens is 316 g/mol. The first kappa shape index (κ1) is 15.9. The van der Waals surface area contributed by atoms with Gasteiger partial charge in [0.15, 0.2) is 0 Å². The van der Waals surface area contributed by atoms with Crippen LogP contribution in [0.2, 0.25) is 0 Å². The van der Waals surface area contributed by atoms with E-state index < -0.39 is 0 Å². The summed E-state index contributed by atoms with van der Waals surface area (Å²) in [5.74, 6) is 1.60. The molecule has 2 N–H and O–H groups in total. The lowest BCUT2D eigenvalue weighted by Crippen LogP contribution is -2.31. The average molecular weight is 338 g/mol. The van der Waals surface area contributed by atoms with Gasteiger partial charge in [0, 0.05) is 23.7 Å². The zero-order chi connectivity index (χ0) is 17.2. The highest BCUT2D eigenvalue weighted by Crippen LogP contribution is 2.31. The highest BCUT2D eigenvalue weighted by Gasteiger charge is 2.14. The van der Waals surface area contributed by atoms with Gasteiger partial charge in [-0.25, -0.2) is 0 Å². The van der Waals surface area contributed by atoms with Crippen LogP contribution in [0.25, 0.3) is 22.2 Å². The van der Waals surface area contributed by atoms with Crippen LogP contribution in [0, 0.1) is 0 Å². The Morgan fingerprint density at radius 3 is 2.84 bits per heavy atom. The summed E-state index contributed by atoms with van der Waals surface area (Å²) in [6, 6.07) is 8.00. The molecule has 3 aromatic rings. The lowest BCUT2D eigenvalue weighted by Gasteiger charge is -2.17. The predicted octanol–water partition coefficient (Wildman–Crippen LogP) is 3.15. The molecule has 4 rings (SSSR count). The maximum absolute atomic E-state index is 6.07. The van der Waals surface area contributed by atoms with E-state index in [1.807, 2.05) is 31.2 Å². The first-order valence-electron chi connectivity index (χ1n) is 8.66. The minimum absolute atomic E-state index is 0.0543. The summed E-state index contributed by atoms with van der Waals surface area (Å²) in [7, 11) is 0. The molecule has 0 spiro atoms. The maximum atomic E-state index is 6.07. The van der Waals surface area contributed by atoms with E-state index in [0.29, 0.717) is 0 Å². The summed E-state index contributed by atoms with van der Waals surface area (Å²) in [6.45, 7) is 5.80. The Balaban J connectivity index is 1.79. The molecule has 0 unspecified atom stereocenters. The summed E-state index contributed by atoms with van der Waals surface area (Å²) < 4.78 is 12.1. The number of hydrogen-bond donors (Lipinski definition) is 2. The third-order valence-electron chi connectivity index (χ3n) is 4.35. The van der Waals surface area contributed by atoms with Gasteiger partial charge in [0.1, 0.15) is 23.3 Å². The van der Waals surface area contributed by atoms with Crippen LogP contribution in [0.3, 0.4) is 0 Å². The summed E-state index contributed by atoms with van der Waals surface area (Å²) in [5.41, 5.74) is 2.75. The van der Waals surface area contributed by atoms with Gasteiger partial charge in [-0.05, 0) is 51.1 Å². The SMILES string of the molecule is C[C@H]1CCNC[C@H](C)Oc2cncc(c2)-c2n[nH]c3ccc(cc23)O1. The highest BCUT2D eigenvalue weighted by molar-refractivity contribution is 5.93. The van der Waals surface area contributed by atoms with E-state index in [2.05, 4.69) is 27.4 Å². The highest BCUT2D eigenvalue weighted by atomic mass is 16.5. The van der Waals surface area contributed by atoms with Crippen molar-refractivity contribution in [3.05, 3.63) is 36.7 Å². The first-order valence-corrected chi connectivity index (χ1v) is 8.66. The van der Waals surface area contributed by atoms with E-state index >= 15 is 0 Å². The molecule has 1 aliphatic rings. The van der Waals surface area contributed by atoms with Crippen molar-refractivity contribution in [3.8, 4) is 22.8 Å². The second-order valence-electron chi connectivity index (χ2n) is 6.54. The number of nitrogens with zero attached hydrogens (tertiary/aromatic N) is 2. The third-order valence-corrected chi connectivity index (χ3v) is 4.35. The van der Waals surface area contributed by atoms with Crippen molar-refractivity contribution in [2.45, 2.75) is 32.5 Å². The zero-order valence-corrected chi connectivity index (χ0v) is 14.5. The number of pyridine rings is 1. The molecule has 0 aliphatic carbocycles. The van der Waals surface area contributed by atoms with Gasteiger partial charge in [0.2, 0.25) is 0 Å². The standard InChI is InChI=1S/C19H22N4O2/c1-12-5-6-20-9-13(2)25-16-7-14(10-21-11-16)19-17-8-15(24-12)3-4-18(17)22-23-19/h3-4,7-8,10-13,20H,5-6,9H2,1-2H3,(H,22,23)/t12-,13-/m0/s1. The number of aromatic amines is 1. The lowest BCUT2D eigenvalue weighted by atomic mass is 10.1. The molecule has 6 heteroatoms. The molecule has 0 saturated heterocycles. The first-order chi connectivity index (χ1) is 12.2. The van der Waals surface area contributed by atoms with Crippen molar-refractivity contribution in [2.75, 3.05) is 13.1 Å². The number of H-pyrrole nitrogens is 1. The molecule has 1 aliphatic heterocycles. The molecule has 25 heavy (non-hydrogen) atoms. The second kappa shape index (κ2) is 6.72. The number of aromatic nitrogens is 3. The predicted molar refractivity (Wildman–Crippen MR) is 97.0 cm³/mol. The molecule has 0 amide bonds. The Morgan fingerprint density at radius 1 is 1.04 bits per heavy atom. The Bertz CT molecular complexity index is 877. The average Bonchev–Trinajstić information content (AvgIpc) is 3.01. The summed E-state index contributed by atoms with van der Waals surface area (Å²) >= 11 is 0. The minimum atomic E-state index is 0.0543. The van der Waals surface area contributed by atoms with Gasteiger partial charge in [-0.15, -0.1) is 0 Å². The van der Waals surface area contributed by atoms with Gasteiger partial charge < -0.3 is 14.8 Å². The van der Waals surface area contributed by atoms with E-state index in [-0.39, 0.29) is 12.2 Å². The monoisotopic (exact) mass is 338 g/mol. The van der Waals surface area contributed by atoms with Crippen LogP contribution in [-0.4, -0.2) is 40.5 Å².